The van der Waals surface area contributed by atoms with E-state index in [1.807, 2.05) is 0 Å². The van der Waals surface area contributed by atoms with Gasteiger partial charge in [-0.25, -0.2) is 0 Å². The van der Waals surface area contributed by atoms with E-state index in [-0.39, 0.29) is 9.48 Å². The summed E-state index contributed by atoms with van der Waals surface area (Å²) in [5.74, 6) is -0.199. The van der Waals surface area contributed by atoms with E-state index >= 15 is 0 Å². The van der Waals surface area contributed by atoms with Gasteiger partial charge in [0.25, 0.3) is 5.91 Å². The van der Waals surface area contributed by atoms with Crippen molar-refractivity contribution >= 4 is 28.5 Å². The summed E-state index contributed by atoms with van der Waals surface area (Å²) in [6, 6.07) is 4.01. The average Bonchev–Trinajstić information content (AvgIpc) is 2.45. The molecule has 1 aromatic carbocycles. The van der Waals surface area contributed by atoms with E-state index in [1.54, 1.807) is 27.5 Å². The summed E-state index contributed by atoms with van der Waals surface area (Å²) in [5, 5.41) is 0. The molecule has 2 rings (SSSR count). The number of alkyl halides is 3. The van der Waals surface area contributed by atoms with Crippen LogP contribution in [0.4, 0.5) is 13.2 Å². The van der Waals surface area contributed by atoms with E-state index in [4.69, 9.17) is 0 Å². The van der Waals surface area contributed by atoms with Crippen LogP contribution in [0, 0.1) is 3.57 Å². The first-order chi connectivity index (χ1) is 10.2. The van der Waals surface area contributed by atoms with Crippen LogP contribution in [0.2, 0.25) is 0 Å². The van der Waals surface area contributed by atoms with Gasteiger partial charge in [-0.1, -0.05) is 0 Å². The molecule has 0 aromatic heterocycles. The van der Waals surface area contributed by atoms with E-state index in [2.05, 4.69) is 18.7 Å². The summed E-state index contributed by atoms with van der Waals surface area (Å²) in [5.41, 5.74) is -0.385. The van der Waals surface area contributed by atoms with Crippen LogP contribution >= 0.6 is 22.6 Å². The highest BCUT2D eigenvalue weighted by Gasteiger charge is 2.33. The Morgan fingerprint density at radius 2 is 1.77 bits per heavy atom. The fraction of sp³-hybridized carbons (Fsp3) is 0.533. The molecule has 1 aliphatic heterocycles. The zero-order valence-electron chi connectivity index (χ0n) is 12.5. The first-order valence-corrected chi connectivity index (χ1v) is 8.18. The van der Waals surface area contributed by atoms with Crippen LogP contribution < -0.4 is 0 Å². The molecule has 0 radical (unpaired) electrons. The minimum Gasteiger partial charge on any atom is -0.336 e. The van der Waals surface area contributed by atoms with Crippen molar-refractivity contribution < 1.29 is 18.0 Å². The molecule has 1 heterocycles. The van der Waals surface area contributed by atoms with Crippen LogP contribution in [0.5, 0.6) is 0 Å². The van der Waals surface area contributed by atoms with Gasteiger partial charge in [0, 0.05) is 41.4 Å². The number of carbonyl (C=O) groups excluding carboxylic acids is 1. The highest BCUT2D eigenvalue weighted by molar-refractivity contribution is 14.1. The number of halogens is 4. The summed E-state index contributed by atoms with van der Waals surface area (Å²) in [6.45, 7) is 7.01. The minimum atomic E-state index is -4.39. The summed E-state index contributed by atoms with van der Waals surface area (Å²) in [4.78, 5) is 16.4. The summed E-state index contributed by atoms with van der Waals surface area (Å²) >= 11 is 1.63. The number of piperazine rings is 1. The van der Waals surface area contributed by atoms with Crippen LogP contribution in [-0.2, 0) is 6.18 Å². The number of hydrogen-bond acceptors (Lipinski definition) is 2. The fourth-order valence-corrected chi connectivity index (χ4v) is 3.32. The molecule has 0 N–H and O–H groups in total. The van der Waals surface area contributed by atoms with Gasteiger partial charge in [-0.15, -0.1) is 0 Å². The maximum atomic E-state index is 12.7. The van der Waals surface area contributed by atoms with Crippen molar-refractivity contribution in [3.8, 4) is 0 Å². The van der Waals surface area contributed by atoms with E-state index in [0.29, 0.717) is 24.7 Å². The standard InChI is InChI=1S/C15H18F3IN2O/c1-10(2)20-5-7-21(8-6-20)14(22)11-3-4-12(13(19)9-11)15(16,17)18/h3-4,9-10H,5-8H2,1-2H3. The SMILES string of the molecule is CC(C)N1CCN(C(=O)c2ccc(C(F)(F)F)c(I)c2)CC1. The van der Waals surface area contributed by atoms with Gasteiger partial charge in [-0.2, -0.15) is 13.2 Å². The van der Waals surface area contributed by atoms with Gasteiger partial charge in [0.05, 0.1) is 5.56 Å². The van der Waals surface area contributed by atoms with Crippen LogP contribution in [0.25, 0.3) is 0 Å². The quantitative estimate of drug-likeness (QED) is 0.677. The lowest BCUT2D eigenvalue weighted by atomic mass is 10.1. The van der Waals surface area contributed by atoms with E-state index in [1.165, 1.54) is 12.1 Å². The summed E-state index contributed by atoms with van der Waals surface area (Å²) < 4.78 is 38.3. The highest BCUT2D eigenvalue weighted by atomic mass is 127. The number of carbonyl (C=O) groups is 1. The molecule has 0 unspecified atom stereocenters. The lowest BCUT2D eigenvalue weighted by Gasteiger charge is -2.37. The van der Waals surface area contributed by atoms with Crippen molar-refractivity contribution in [3.05, 3.63) is 32.9 Å². The largest absolute Gasteiger partial charge is 0.417 e. The van der Waals surface area contributed by atoms with Gasteiger partial charge in [-0.05, 0) is 54.6 Å². The van der Waals surface area contributed by atoms with Crippen LogP contribution in [0.1, 0.15) is 29.8 Å². The van der Waals surface area contributed by atoms with Crippen molar-refractivity contribution in [1.29, 1.82) is 0 Å². The van der Waals surface area contributed by atoms with Crippen molar-refractivity contribution in [1.82, 2.24) is 9.80 Å². The lowest BCUT2D eigenvalue weighted by molar-refractivity contribution is -0.138. The normalized spacial score (nSPS) is 17.1. The third kappa shape index (κ3) is 3.92. The molecule has 0 atom stereocenters. The number of hydrogen-bond donors (Lipinski definition) is 0. The first kappa shape index (κ1) is 17.5. The molecule has 1 amide bonds. The van der Waals surface area contributed by atoms with Crippen molar-refractivity contribution in [3.63, 3.8) is 0 Å². The number of nitrogens with zero attached hydrogens (tertiary/aromatic N) is 2. The Balaban J connectivity index is 2.10. The Kier molecular flexibility index (Phi) is 5.37. The van der Waals surface area contributed by atoms with Crippen LogP contribution in [-0.4, -0.2) is 47.9 Å². The highest BCUT2D eigenvalue weighted by Crippen LogP contribution is 2.33. The second kappa shape index (κ2) is 6.74. The monoisotopic (exact) mass is 426 g/mol. The van der Waals surface area contributed by atoms with Crippen molar-refractivity contribution in [2.75, 3.05) is 26.2 Å². The zero-order valence-corrected chi connectivity index (χ0v) is 14.6. The maximum absolute atomic E-state index is 12.7. The fourth-order valence-electron chi connectivity index (χ4n) is 2.50. The third-order valence-corrected chi connectivity index (χ3v) is 4.75. The van der Waals surface area contributed by atoms with Crippen molar-refractivity contribution in [2.45, 2.75) is 26.1 Å². The summed E-state index contributed by atoms with van der Waals surface area (Å²) in [6.07, 6.45) is -4.39. The third-order valence-electron chi connectivity index (χ3n) is 3.85. The van der Waals surface area contributed by atoms with Gasteiger partial charge < -0.3 is 4.90 Å². The molecule has 3 nitrogen and oxygen atoms in total. The Bertz CT molecular complexity index is 552. The smallest absolute Gasteiger partial charge is 0.336 e. The van der Waals surface area contributed by atoms with Gasteiger partial charge in [0.1, 0.15) is 0 Å². The molecule has 22 heavy (non-hydrogen) atoms. The van der Waals surface area contributed by atoms with E-state index in [0.717, 1.165) is 19.2 Å². The van der Waals surface area contributed by atoms with E-state index in [9.17, 15) is 18.0 Å². The topological polar surface area (TPSA) is 23.6 Å². The molecule has 122 valence electrons. The zero-order chi connectivity index (χ0) is 16.5. The molecule has 1 fully saturated rings. The number of rotatable bonds is 2. The van der Waals surface area contributed by atoms with Gasteiger partial charge in [0.2, 0.25) is 0 Å². The predicted octanol–water partition coefficient (Wildman–Crippen LogP) is 3.48. The Hall–Kier alpha value is -0.830. The molecule has 0 bridgehead atoms. The molecule has 1 aliphatic rings. The van der Waals surface area contributed by atoms with Crippen molar-refractivity contribution in [2.24, 2.45) is 0 Å². The Morgan fingerprint density at radius 3 is 2.23 bits per heavy atom. The predicted molar refractivity (Wildman–Crippen MR) is 86.8 cm³/mol. The Morgan fingerprint density at radius 1 is 1.18 bits per heavy atom. The molecule has 7 heteroatoms. The Labute approximate surface area is 141 Å². The minimum absolute atomic E-state index is 0.0526. The van der Waals surface area contributed by atoms with Crippen LogP contribution in [0.15, 0.2) is 18.2 Å². The molecule has 1 aromatic rings. The molecule has 1 saturated heterocycles. The van der Waals surface area contributed by atoms with Crippen LogP contribution in [0.3, 0.4) is 0 Å². The second-order valence-corrected chi connectivity index (χ2v) is 6.78. The summed E-state index contributed by atoms with van der Waals surface area (Å²) in [7, 11) is 0. The maximum Gasteiger partial charge on any atom is 0.417 e. The second-order valence-electron chi connectivity index (χ2n) is 5.61. The molecule has 0 saturated carbocycles. The van der Waals surface area contributed by atoms with Gasteiger partial charge in [-0.3, -0.25) is 9.69 Å². The molecule has 0 spiro atoms. The average molecular weight is 426 g/mol. The molecular formula is C15H18F3IN2O. The first-order valence-electron chi connectivity index (χ1n) is 7.10. The number of benzene rings is 1. The lowest BCUT2D eigenvalue weighted by Crippen LogP contribution is -2.50. The van der Waals surface area contributed by atoms with Gasteiger partial charge >= 0.3 is 6.18 Å². The molecular weight excluding hydrogens is 408 g/mol. The van der Waals surface area contributed by atoms with E-state index < -0.39 is 11.7 Å². The van der Waals surface area contributed by atoms with Gasteiger partial charge in [0.15, 0.2) is 0 Å². The number of amides is 1. The molecule has 0 aliphatic carbocycles.